The Morgan fingerprint density at radius 1 is 1.00 bits per heavy atom. The van der Waals surface area contributed by atoms with E-state index >= 15 is 0 Å². The molecule has 0 fully saturated rings. The minimum Gasteiger partial charge on any atom is -0.508 e. The second kappa shape index (κ2) is 4.92. The number of nitrogens with two attached hydrogens (primary N) is 2. The summed E-state index contributed by atoms with van der Waals surface area (Å²) >= 11 is 0. The standard InChI is InChI=1S/C12H12N4O3/c13-15-11(18)8-4-2-6-1-3-7(17)5-9(6)10(8)12(19)16-14/h1-5,17H,13-14H2,(H,15,18)(H,16,19). The molecule has 0 aromatic heterocycles. The van der Waals surface area contributed by atoms with E-state index in [0.717, 1.165) is 0 Å². The summed E-state index contributed by atoms with van der Waals surface area (Å²) in [5.74, 6) is 8.91. The minimum atomic E-state index is -0.644. The van der Waals surface area contributed by atoms with Gasteiger partial charge in [0.05, 0.1) is 11.1 Å². The number of nitrogen functional groups attached to an aromatic ring is 2. The SMILES string of the molecule is NNC(=O)c1ccc2ccc(O)cc2c1C(=O)NN. The highest BCUT2D eigenvalue weighted by atomic mass is 16.3. The molecule has 0 aliphatic heterocycles. The molecule has 0 heterocycles. The first kappa shape index (κ1) is 12.8. The average molecular weight is 260 g/mol. The second-order valence-corrected chi connectivity index (χ2v) is 3.84. The van der Waals surface area contributed by atoms with Gasteiger partial charge in [0.2, 0.25) is 0 Å². The number of carbonyl (C=O) groups excluding carboxylic acids is 2. The van der Waals surface area contributed by atoms with Crippen molar-refractivity contribution in [2.75, 3.05) is 0 Å². The van der Waals surface area contributed by atoms with E-state index in [1.807, 2.05) is 10.9 Å². The molecule has 0 radical (unpaired) electrons. The quantitative estimate of drug-likeness (QED) is 0.289. The highest BCUT2D eigenvalue weighted by Crippen LogP contribution is 2.26. The molecule has 19 heavy (non-hydrogen) atoms. The van der Waals surface area contributed by atoms with Gasteiger partial charge in [-0.25, -0.2) is 11.7 Å². The smallest absolute Gasteiger partial charge is 0.266 e. The topological polar surface area (TPSA) is 130 Å². The van der Waals surface area contributed by atoms with Crippen molar-refractivity contribution in [3.8, 4) is 5.75 Å². The molecule has 2 aromatic carbocycles. The molecule has 0 aliphatic rings. The van der Waals surface area contributed by atoms with Crippen LogP contribution in [0.2, 0.25) is 0 Å². The van der Waals surface area contributed by atoms with Gasteiger partial charge in [-0.1, -0.05) is 12.1 Å². The number of hydrogen-bond donors (Lipinski definition) is 5. The number of phenols is 1. The normalized spacial score (nSPS) is 10.2. The molecule has 7 heteroatoms. The highest BCUT2D eigenvalue weighted by Gasteiger charge is 2.19. The van der Waals surface area contributed by atoms with Crippen LogP contribution in [-0.4, -0.2) is 16.9 Å². The molecule has 0 aliphatic carbocycles. The molecule has 98 valence electrons. The fourth-order valence-corrected chi connectivity index (χ4v) is 1.89. The van der Waals surface area contributed by atoms with E-state index in [4.69, 9.17) is 11.7 Å². The molecule has 2 rings (SSSR count). The van der Waals surface area contributed by atoms with Gasteiger partial charge in [-0.3, -0.25) is 20.4 Å². The van der Waals surface area contributed by atoms with Crippen molar-refractivity contribution in [3.63, 3.8) is 0 Å². The zero-order valence-corrected chi connectivity index (χ0v) is 9.81. The van der Waals surface area contributed by atoms with Crippen LogP contribution in [0.25, 0.3) is 10.8 Å². The fourth-order valence-electron chi connectivity index (χ4n) is 1.89. The molecule has 0 saturated carbocycles. The Labute approximate surface area is 108 Å². The third-order valence-corrected chi connectivity index (χ3v) is 2.74. The van der Waals surface area contributed by atoms with Crippen molar-refractivity contribution in [2.45, 2.75) is 0 Å². The Morgan fingerprint density at radius 3 is 2.26 bits per heavy atom. The number of aromatic hydroxyl groups is 1. The number of rotatable bonds is 2. The maximum atomic E-state index is 11.8. The maximum Gasteiger partial charge on any atom is 0.266 e. The van der Waals surface area contributed by atoms with E-state index in [1.54, 1.807) is 12.1 Å². The van der Waals surface area contributed by atoms with E-state index in [-0.39, 0.29) is 16.9 Å². The minimum absolute atomic E-state index is 0.0242. The fraction of sp³-hybridized carbons (Fsp3) is 0. The van der Waals surface area contributed by atoms with Crippen LogP contribution in [0.15, 0.2) is 30.3 Å². The maximum absolute atomic E-state index is 11.8. The van der Waals surface area contributed by atoms with Gasteiger partial charge in [-0.2, -0.15) is 0 Å². The monoisotopic (exact) mass is 260 g/mol. The van der Waals surface area contributed by atoms with E-state index in [9.17, 15) is 14.7 Å². The van der Waals surface area contributed by atoms with E-state index < -0.39 is 11.8 Å². The van der Waals surface area contributed by atoms with Crippen LogP contribution >= 0.6 is 0 Å². The zero-order valence-electron chi connectivity index (χ0n) is 9.81. The zero-order chi connectivity index (χ0) is 14.0. The van der Waals surface area contributed by atoms with Gasteiger partial charge >= 0.3 is 0 Å². The summed E-state index contributed by atoms with van der Waals surface area (Å²) in [6.45, 7) is 0. The van der Waals surface area contributed by atoms with Crippen LogP contribution in [0.1, 0.15) is 20.7 Å². The third kappa shape index (κ3) is 2.19. The van der Waals surface area contributed by atoms with E-state index in [0.29, 0.717) is 10.8 Å². The summed E-state index contributed by atoms with van der Waals surface area (Å²) in [6.07, 6.45) is 0. The lowest BCUT2D eigenvalue weighted by Gasteiger charge is -2.11. The first-order valence-electron chi connectivity index (χ1n) is 5.36. The van der Waals surface area contributed by atoms with Crippen molar-refractivity contribution >= 4 is 22.6 Å². The molecule has 7 N–H and O–H groups in total. The van der Waals surface area contributed by atoms with Crippen molar-refractivity contribution in [1.29, 1.82) is 0 Å². The summed E-state index contributed by atoms with van der Waals surface area (Å²) in [5, 5.41) is 10.6. The largest absolute Gasteiger partial charge is 0.508 e. The lowest BCUT2D eigenvalue weighted by molar-refractivity contribution is 0.0921. The summed E-state index contributed by atoms with van der Waals surface area (Å²) in [4.78, 5) is 23.5. The molecule has 0 unspecified atom stereocenters. The molecular weight excluding hydrogens is 248 g/mol. The van der Waals surface area contributed by atoms with Crippen LogP contribution < -0.4 is 22.5 Å². The van der Waals surface area contributed by atoms with Gasteiger partial charge < -0.3 is 5.11 Å². The lowest BCUT2D eigenvalue weighted by Crippen LogP contribution is -2.35. The molecule has 0 saturated heterocycles. The van der Waals surface area contributed by atoms with Crippen molar-refractivity contribution < 1.29 is 14.7 Å². The van der Waals surface area contributed by atoms with Gasteiger partial charge in [0.15, 0.2) is 0 Å². The Morgan fingerprint density at radius 2 is 1.63 bits per heavy atom. The molecular formula is C12H12N4O3. The van der Waals surface area contributed by atoms with Gasteiger partial charge in [0.25, 0.3) is 11.8 Å². The van der Waals surface area contributed by atoms with Gasteiger partial charge in [0, 0.05) is 0 Å². The predicted octanol–water partition coefficient (Wildman–Crippen LogP) is -0.248. The summed E-state index contributed by atoms with van der Waals surface area (Å²) in [6, 6.07) is 7.60. The number of hydrazine groups is 2. The van der Waals surface area contributed by atoms with Crippen LogP contribution in [0, 0.1) is 0 Å². The lowest BCUT2D eigenvalue weighted by atomic mass is 9.97. The molecule has 0 bridgehead atoms. The molecule has 2 amide bonds. The Kier molecular flexibility index (Phi) is 3.32. The van der Waals surface area contributed by atoms with E-state index in [2.05, 4.69) is 0 Å². The van der Waals surface area contributed by atoms with Crippen LogP contribution in [0.5, 0.6) is 5.75 Å². The van der Waals surface area contributed by atoms with Gasteiger partial charge in [-0.05, 0) is 29.0 Å². The Balaban J connectivity index is 2.83. The summed E-state index contributed by atoms with van der Waals surface area (Å²) in [5.41, 5.74) is 4.06. The Hall–Kier alpha value is -2.64. The Bertz CT molecular complexity index is 669. The first-order chi connectivity index (χ1) is 9.08. The van der Waals surface area contributed by atoms with Crippen LogP contribution in [-0.2, 0) is 0 Å². The van der Waals surface area contributed by atoms with Gasteiger partial charge in [-0.15, -0.1) is 0 Å². The van der Waals surface area contributed by atoms with Crippen molar-refractivity contribution in [1.82, 2.24) is 10.9 Å². The van der Waals surface area contributed by atoms with Gasteiger partial charge in [0.1, 0.15) is 5.75 Å². The van der Waals surface area contributed by atoms with Crippen LogP contribution in [0.4, 0.5) is 0 Å². The molecule has 7 nitrogen and oxygen atoms in total. The summed E-state index contributed by atoms with van der Waals surface area (Å²) < 4.78 is 0. The second-order valence-electron chi connectivity index (χ2n) is 3.84. The first-order valence-corrected chi connectivity index (χ1v) is 5.36. The van der Waals surface area contributed by atoms with Crippen molar-refractivity contribution in [3.05, 3.63) is 41.5 Å². The number of amides is 2. The third-order valence-electron chi connectivity index (χ3n) is 2.74. The van der Waals surface area contributed by atoms with Crippen LogP contribution in [0.3, 0.4) is 0 Å². The number of phenolic OH excluding ortho intramolecular Hbond substituents is 1. The average Bonchev–Trinajstić information content (AvgIpc) is 2.44. The molecule has 0 spiro atoms. The number of hydrogen-bond acceptors (Lipinski definition) is 5. The predicted molar refractivity (Wildman–Crippen MR) is 68.9 cm³/mol. The number of benzene rings is 2. The molecule has 0 atom stereocenters. The summed E-state index contributed by atoms with van der Waals surface area (Å²) in [7, 11) is 0. The highest BCUT2D eigenvalue weighted by molar-refractivity contribution is 6.15. The number of fused-ring (bicyclic) bond motifs is 1. The van der Waals surface area contributed by atoms with E-state index in [1.165, 1.54) is 18.2 Å². The molecule has 2 aromatic rings. The number of carbonyl (C=O) groups is 2. The van der Waals surface area contributed by atoms with Crippen molar-refractivity contribution in [2.24, 2.45) is 11.7 Å². The number of nitrogens with one attached hydrogen (secondary N) is 2.